The summed E-state index contributed by atoms with van der Waals surface area (Å²) >= 11 is 0. The van der Waals surface area contributed by atoms with Crippen molar-refractivity contribution in [2.75, 3.05) is 45.7 Å². The first-order valence-corrected chi connectivity index (χ1v) is 11.0. The number of ether oxygens (including phenoxy) is 2. The zero-order chi connectivity index (χ0) is 22.5. The van der Waals surface area contributed by atoms with Crippen molar-refractivity contribution >= 4 is 17.7 Å². The quantitative estimate of drug-likeness (QED) is 0.747. The summed E-state index contributed by atoms with van der Waals surface area (Å²) in [5.74, 6) is 1.21. The summed E-state index contributed by atoms with van der Waals surface area (Å²) in [6.07, 6.45) is 1.55. The third-order valence-electron chi connectivity index (χ3n) is 6.19. The number of likely N-dealkylation sites (tertiary alicyclic amines) is 1. The van der Waals surface area contributed by atoms with Gasteiger partial charge in [0.2, 0.25) is 0 Å². The van der Waals surface area contributed by atoms with E-state index in [2.05, 4.69) is 5.32 Å². The fourth-order valence-corrected chi connectivity index (χ4v) is 4.37. The Bertz CT molecular complexity index is 944. The van der Waals surface area contributed by atoms with Crippen LogP contribution in [0, 0.1) is 0 Å². The molecule has 4 amide bonds. The van der Waals surface area contributed by atoms with Crippen LogP contribution < -0.4 is 14.8 Å². The van der Waals surface area contributed by atoms with Crippen LogP contribution in [-0.4, -0.2) is 73.2 Å². The van der Waals surface area contributed by atoms with E-state index in [1.807, 2.05) is 40.1 Å². The summed E-state index contributed by atoms with van der Waals surface area (Å²) < 4.78 is 10.6. The zero-order valence-corrected chi connectivity index (χ0v) is 18.6. The fourth-order valence-electron chi connectivity index (χ4n) is 4.37. The Labute approximate surface area is 188 Å². The van der Waals surface area contributed by atoms with E-state index in [0.717, 1.165) is 31.5 Å². The highest BCUT2D eigenvalue weighted by atomic mass is 16.5. The summed E-state index contributed by atoms with van der Waals surface area (Å²) in [6.45, 7) is 3.34. The number of carbonyl (C=O) groups is 2. The lowest BCUT2D eigenvalue weighted by Gasteiger charge is -2.36. The van der Waals surface area contributed by atoms with Crippen LogP contribution in [0.5, 0.6) is 11.5 Å². The molecule has 4 rings (SSSR count). The lowest BCUT2D eigenvalue weighted by atomic mass is 10.0. The number of hydrogen-bond acceptors (Lipinski definition) is 4. The second kappa shape index (κ2) is 9.80. The largest absolute Gasteiger partial charge is 0.497 e. The van der Waals surface area contributed by atoms with Gasteiger partial charge in [-0.05, 0) is 30.5 Å². The smallest absolute Gasteiger partial charge is 0.321 e. The first-order chi connectivity index (χ1) is 15.6. The number of methoxy groups -OCH3 is 2. The summed E-state index contributed by atoms with van der Waals surface area (Å²) in [5, 5.41) is 2.93. The van der Waals surface area contributed by atoms with Gasteiger partial charge in [-0.3, -0.25) is 0 Å². The van der Waals surface area contributed by atoms with E-state index in [-0.39, 0.29) is 18.1 Å². The number of anilines is 1. The third kappa shape index (κ3) is 4.74. The van der Waals surface area contributed by atoms with E-state index >= 15 is 0 Å². The average molecular weight is 439 g/mol. The van der Waals surface area contributed by atoms with E-state index in [1.54, 1.807) is 37.3 Å². The van der Waals surface area contributed by atoms with Crippen LogP contribution in [0.3, 0.4) is 0 Å². The van der Waals surface area contributed by atoms with Crippen molar-refractivity contribution in [2.45, 2.75) is 25.4 Å². The second-order valence-electron chi connectivity index (χ2n) is 8.10. The Morgan fingerprint density at radius 2 is 1.75 bits per heavy atom. The van der Waals surface area contributed by atoms with Crippen LogP contribution in [0.2, 0.25) is 0 Å². The molecule has 0 spiro atoms. The summed E-state index contributed by atoms with van der Waals surface area (Å²) in [5.41, 5.74) is 1.75. The van der Waals surface area contributed by atoms with Gasteiger partial charge in [0, 0.05) is 44.8 Å². The molecule has 170 valence electrons. The van der Waals surface area contributed by atoms with Gasteiger partial charge >= 0.3 is 12.1 Å². The molecule has 0 aliphatic carbocycles. The molecule has 0 unspecified atom stereocenters. The highest BCUT2D eigenvalue weighted by Gasteiger charge is 2.36. The van der Waals surface area contributed by atoms with Crippen LogP contribution in [0.4, 0.5) is 15.3 Å². The van der Waals surface area contributed by atoms with Gasteiger partial charge in [-0.15, -0.1) is 0 Å². The molecular formula is C24H30N4O4. The van der Waals surface area contributed by atoms with Crippen molar-refractivity contribution in [3.8, 4) is 11.5 Å². The molecule has 2 fully saturated rings. The molecule has 0 atom stereocenters. The maximum atomic E-state index is 12.9. The molecule has 1 N–H and O–H groups in total. The van der Waals surface area contributed by atoms with Gasteiger partial charge in [0.05, 0.1) is 19.9 Å². The van der Waals surface area contributed by atoms with Gasteiger partial charge in [0.15, 0.2) is 0 Å². The van der Waals surface area contributed by atoms with Gasteiger partial charge in [-0.1, -0.05) is 30.3 Å². The Morgan fingerprint density at radius 1 is 1.00 bits per heavy atom. The fraction of sp³-hybridized carbons (Fsp3) is 0.417. The monoisotopic (exact) mass is 438 g/mol. The van der Waals surface area contributed by atoms with E-state index in [0.29, 0.717) is 36.8 Å². The standard InChI is InChI=1S/C24H30N4O4/c1-31-20-8-9-21(22(16-20)32-2)25-23(29)26-12-10-19(11-13-26)28-15-14-27(24(28)30)17-18-6-4-3-5-7-18/h3-9,16,19H,10-15,17H2,1-2H3,(H,25,29). The molecule has 2 saturated heterocycles. The Morgan fingerprint density at radius 3 is 2.44 bits per heavy atom. The number of carbonyl (C=O) groups excluding carboxylic acids is 2. The lowest BCUT2D eigenvalue weighted by molar-refractivity contribution is 0.139. The third-order valence-corrected chi connectivity index (χ3v) is 6.19. The minimum atomic E-state index is -0.162. The molecule has 2 aliphatic rings. The van der Waals surface area contributed by atoms with Crippen LogP contribution in [-0.2, 0) is 6.54 Å². The average Bonchev–Trinajstić information content (AvgIpc) is 3.19. The molecule has 0 radical (unpaired) electrons. The van der Waals surface area contributed by atoms with Crippen LogP contribution in [0.25, 0.3) is 0 Å². The molecule has 8 nitrogen and oxygen atoms in total. The molecule has 2 aliphatic heterocycles. The van der Waals surface area contributed by atoms with Crippen molar-refractivity contribution < 1.29 is 19.1 Å². The number of hydrogen-bond donors (Lipinski definition) is 1. The molecule has 8 heteroatoms. The van der Waals surface area contributed by atoms with Gasteiger partial charge in [-0.25, -0.2) is 9.59 Å². The maximum Gasteiger partial charge on any atom is 0.321 e. The van der Waals surface area contributed by atoms with Crippen molar-refractivity contribution in [1.82, 2.24) is 14.7 Å². The Hall–Kier alpha value is -3.42. The second-order valence-corrected chi connectivity index (χ2v) is 8.10. The SMILES string of the molecule is COc1ccc(NC(=O)N2CCC(N3CCN(Cc4ccccc4)C3=O)CC2)c(OC)c1. The number of nitrogens with one attached hydrogen (secondary N) is 1. The molecule has 0 aromatic heterocycles. The van der Waals surface area contributed by atoms with E-state index in [4.69, 9.17) is 9.47 Å². The van der Waals surface area contributed by atoms with Crippen LogP contribution in [0.15, 0.2) is 48.5 Å². The molecule has 0 saturated carbocycles. The number of amides is 4. The topological polar surface area (TPSA) is 74.4 Å². The van der Waals surface area contributed by atoms with E-state index in [9.17, 15) is 9.59 Å². The summed E-state index contributed by atoms with van der Waals surface area (Å²) in [6, 6.07) is 15.5. The van der Waals surface area contributed by atoms with Crippen molar-refractivity contribution in [2.24, 2.45) is 0 Å². The highest BCUT2D eigenvalue weighted by molar-refractivity contribution is 5.91. The molecule has 2 aromatic rings. The number of rotatable bonds is 6. The predicted molar refractivity (Wildman–Crippen MR) is 122 cm³/mol. The van der Waals surface area contributed by atoms with E-state index < -0.39 is 0 Å². The summed E-state index contributed by atoms with van der Waals surface area (Å²) in [4.78, 5) is 31.4. The number of piperidine rings is 1. The molecule has 2 aromatic carbocycles. The maximum absolute atomic E-state index is 12.9. The first-order valence-electron chi connectivity index (χ1n) is 11.0. The molecular weight excluding hydrogens is 408 g/mol. The van der Waals surface area contributed by atoms with Gasteiger partial charge in [0.1, 0.15) is 11.5 Å². The van der Waals surface area contributed by atoms with Crippen molar-refractivity contribution in [1.29, 1.82) is 0 Å². The zero-order valence-electron chi connectivity index (χ0n) is 18.6. The van der Waals surface area contributed by atoms with Crippen molar-refractivity contribution in [3.63, 3.8) is 0 Å². The summed E-state index contributed by atoms with van der Waals surface area (Å²) in [7, 11) is 3.15. The molecule has 32 heavy (non-hydrogen) atoms. The molecule has 0 bridgehead atoms. The Balaban J connectivity index is 1.29. The molecule has 2 heterocycles. The number of benzene rings is 2. The number of urea groups is 2. The van der Waals surface area contributed by atoms with Gasteiger partial charge in [0.25, 0.3) is 0 Å². The number of nitrogens with zero attached hydrogens (tertiary/aromatic N) is 3. The highest BCUT2D eigenvalue weighted by Crippen LogP contribution is 2.30. The Kier molecular flexibility index (Phi) is 6.68. The normalized spacial score (nSPS) is 16.9. The first kappa shape index (κ1) is 21.8. The van der Waals surface area contributed by atoms with Gasteiger partial charge < -0.3 is 29.5 Å². The van der Waals surface area contributed by atoms with Crippen LogP contribution >= 0.6 is 0 Å². The predicted octanol–water partition coefficient (Wildman–Crippen LogP) is 3.64. The van der Waals surface area contributed by atoms with E-state index in [1.165, 1.54) is 0 Å². The minimum absolute atomic E-state index is 0.0970. The van der Waals surface area contributed by atoms with Gasteiger partial charge in [-0.2, -0.15) is 0 Å². The minimum Gasteiger partial charge on any atom is -0.497 e. The van der Waals surface area contributed by atoms with Crippen LogP contribution in [0.1, 0.15) is 18.4 Å². The lowest BCUT2D eigenvalue weighted by Crippen LogP contribution is -2.49. The van der Waals surface area contributed by atoms with Crippen molar-refractivity contribution in [3.05, 3.63) is 54.1 Å².